The van der Waals surface area contributed by atoms with E-state index < -0.39 is 27.7 Å². The van der Waals surface area contributed by atoms with Crippen LogP contribution in [0.1, 0.15) is 21.7 Å². The Morgan fingerprint density at radius 1 is 1.05 bits per heavy atom. The molecule has 1 unspecified atom stereocenters. The number of nitrogens with one attached hydrogen (secondary N) is 2. The zero-order valence-corrected chi connectivity index (χ0v) is 22.4. The van der Waals surface area contributed by atoms with E-state index in [1.165, 1.54) is 11.3 Å². The Balaban J connectivity index is 1.56. The first kappa shape index (κ1) is 25.9. The Bertz CT molecular complexity index is 1600. The normalized spacial score (nSPS) is 16.8. The van der Waals surface area contributed by atoms with Gasteiger partial charge in [-0.3, -0.25) is 9.59 Å². The molecule has 1 aliphatic heterocycles. The van der Waals surface area contributed by atoms with Crippen molar-refractivity contribution in [2.45, 2.75) is 12.5 Å². The number of thiophene rings is 1. The van der Waals surface area contributed by atoms with E-state index in [2.05, 4.69) is 10.6 Å². The Kier molecular flexibility index (Phi) is 7.46. The van der Waals surface area contributed by atoms with Gasteiger partial charge < -0.3 is 10.6 Å². The molecule has 3 heterocycles. The minimum atomic E-state index is -3.20. The molecule has 5 rings (SSSR count). The molecule has 0 saturated carbocycles. The molecule has 4 aromatic rings. The van der Waals surface area contributed by atoms with Crippen LogP contribution in [0.4, 0.5) is 0 Å². The molecule has 1 aliphatic rings. The minimum absolute atomic E-state index is 0.0170. The molecule has 2 aromatic heterocycles. The van der Waals surface area contributed by atoms with Crippen LogP contribution >= 0.6 is 22.9 Å². The number of hydrogen-bond donors (Lipinski definition) is 2. The molecule has 2 N–H and O–H groups in total. The fraction of sp³-hybridized carbons (Fsp3) is 0.148. The zero-order chi connectivity index (χ0) is 26.7. The highest BCUT2D eigenvalue weighted by Crippen LogP contribution is 2.27. The number of nitrogens with zero attached hydrogens (tertiary/aromatic N) is 2. The monoisotopic (exact) mass is 566 g/mol. The van der Waals surface area contributed by atoms with Crippen LogP contribution in [0, 0.1) is 0 Å². The van der Waals surface area contributed by atoms with Crippen molar-refractivity contribution < 1.29 is 18.0 Å². The van der Waals surface area contributed by atoms with Gasteiger partial charge >= 0.3 is 0 Å². The van der Waals surface area contributed by atoms with Crippen molar-refractivity contribution in [1.82, 2.24) is 20.4 Å². The highest BCUT2D eigenvalue weighted by atomic mass is 35.5. The van der Waals surface area contributed by atoms with E-state index >= 15 is 0 Å². The topological polar surface area (TPSA) is 110 Å². The lowest BCUT2D eigenvalue weighted by Gasteiger charge is -2.14. The first-order valence-electron chi connectivity index (χ1n) is 11.8. The predicted octanol–water partition coefficient (Wildman–Crippen LogP) is 4.33. The maximum Gasteiger partial charge on any atom is 0.268 e. The van der Waals surface area contributed by atoms with Crippen LogP contribution in [0.2, 0.25) is 5.02 Å². The maximum atomic E-state index is 13.4. The van der Waals surface area contributed by atoms with E-state index in [0.717, 1.165) is 11.3 Å². The summed E-state index contributed by atoms with van der Waals surface area (Å²) in [5.41, 5.74) is 2.71. The fourth-order valence-electron chi connectivity index (χ4n) is 4.12. The van der Waals surface area contributed by atoms with E-state index in [1.807, 2.05) is 42.5 Å². The molecule has 0 aliphatic carbocycles. The average Bonchev–Trinajstić information content (AvgIpc) is 3.65. The van der Waals surface area contributed by atoms with Crippen LogP contribution in [0.15, 0.2) is 84.0 Å². The van der Waals surface area contributed by atoms with Gasteiger partial charge in [0.05, 0.1) is 22.1 Å². The van der Waals surface area contributed by atoms with Crippen LogP contribution in [-0.4, -0.2) is 47.6 Å². The van der Waals surface area contributed by atoms with E-state index in [1.54, 1.807) is 46.6 Å². The van der Waals surface area contributed by atoms with Crippen molar-refractivity contribution in [1.29, 1.82) is 0 Å². The summed E-state index contributed by atoms with van der Waals surface area (Å²) in [4.78, 5) is 26.7. The molecule has 11 heteroatoms. The molecule has 0 bridgehead atoms. The Morgan fingerprint density at radius 3 is 2.47 bits per heavy atom. The lowest BCUT2D eigenvalue weighted by molar-refractivity contribution is -0.118. The fourth-order valence-corrected chi connectivity index (χ4v) is 6.53. The summed E-state index contributed by atoms with van der Waals surface area (Å²) >= 11 is 7.34. The van der Waals surface area contributed by atoms with Gasteiger partial charge in [-0.15, -0.1) is 11.3 Å². The van der Waals surface area contributed by atoms with E-state index in [0.29, 0.717) is 27.6 Å². The van der Waals surface area contributed by atoms with Crippen LogP contribution < -0.4 is 10.6 Å². The standard InChI is InChI=1S/C27H23ClN4O4S2/c28-20-10-8-18(9-11-20)25-19(16-32(31-25)22-5-2-1-3-6-22)15-23(30-27(34)24-7-4-13-37-24)26(33)29-21-12-14-38(35,36)17-21/h1-11,13,15-16,21H,12,14,17H2,(H,29,33)(H,30,34). The Labute approximate surface area is 228 Å². The second kappa shape index (κ2) is 10.9. The van der Waals surface area contributed by atoms with Gasteiger partial charge in [-0.2, -0.15) is 5.10 Å². The van der Waals surface area contributed by atoms with Gasteiger partial charge in [0.2, 0.25) is 0 Å². The molecular formula is C27H23ClN4O4S2. The third-order valence-electron chi connectivity index (χ3n) is 5.99. The number of para-hydroxylation sites is 1. The number of amides is 2. The average molecular weight is 567 g/mol. The summed E-state index contributed by atoms with van der Waals surface area (Å²) in [6.07, 6.45) is 3.65. The summed E-state index contributed by atoms with van der Waals surface area (Å²) in [6, 6.07) is 19.5. The first-order valence-corrected chi connectivity index (χ1v) is 14.8. The molecule has 2 amide bonds. The second-order valence-corrected chi connectivity index (χ2v) is 12.4. The summed E-state index contributed by atoms with van der Waals surface area (Å²) in [7, 11) is -3.20. The summed E-state index contributed by atoms with van der Waals surface area (Å²) in [6.45, 7) is 0. The van der Waals surface area contributed by atoms with Gasteiger partial charge in [-0.05, 0) is 48.2 Å². The third-order valence-corrected chi connectivity index (χ3v) is 8.87. The second-order valence-electron chi connectivity index (χ2n) is 8.78. The SMILES string of the molecule is O=C(NC1CCS(=O)(=O)C1)C(=Cc1cn(-c2ccccc2)nc1-c1ccc(Cl)cc1)NC(=O)c1cccs1. The molecule has 1 saturated heterocycles. The molecule has 1 fully saturated rings. The van der Waals surface area contributed by atoms with Crippen molar-refractivity contribution >= 4 is 50.7 Å². The largest absolute Gasteiger partial charge is 0.347 e. The van der Waals surface area contributed by atoms with Crippen molar-refractivity contribution in [3.63, 3.8) is 0 Å². The Morgan fingerprint density at radius 2 is 1.82 bits per heavy atom. The quantitative estimate of drug-likeness (QED) is 0.324. The molecule has 0 spiro atoms. The highest BCUT2D eigenvalue weighted by Gasteiger charge is 2.30. The summed E-state index contributed by atoms with van der Waals surface area (Å²) < 4.78 is 25.5. The van der Waals surface area contributed by atoms with Crippen molar-refractivity contribution in [3.8, 4) is 16.9 Å². The van der Waals surface area contributed by atoms with E-state index in [4.69, 9.17) is 16.7 Å². The van der Waals surface area contributed by atoms with Gasteiger partial charge in [0.1, 0.15) is 11.4 Å². The van der Waals surface area contributed by atoms with E-state index in [-0.39, 0.29) is 17.2 Å². The lowest BCUT2D eigenvalue weighted by Crippen LogP contribution is -2.40. The highest BCUT2D eigenvalue weighted by molar-refractivity contribution is 7.91. The molecule has 8 nitrogen and oxygen atoms in total. The number of benzene rings is 2. The predicted molar refractivity (Wildman–Crippen MR) is 149 cm³/mol. The number of hydrogen-bond acceptors (Lipinski definition) is 6. The van der Waals surface area contributed by atoms with Crippen molar-refractivity contribution in [3.05, 3.63) is 99.5 Å². The van der Waals surface area contributed by atoms with Crippen molar-refractivity contribution in [2.24, 2.45) is 0 Å². The number of carbonyl (C=O) groups is 2. The van der Waals surface area contributed by atoms with Crippen LogP contribution in [0.3, 0.4) is 0 Å². The smallest absolute Gasteiger partial charge is 0.268 e. The maximum absolute atomic E-state index is 13.4. The van der Waals surface area contributed by atoms with Crippen LogP contribution in [0.25, 0.3) is 23.0 Å². The summed E-state index contributed by atoms with van der Waals surface area (Å²) in [5, 5.41) is 12.6. The number of carbonyl (C=O) groups excluding carboxylic acids is 2. The molecule has 38 heavy (non-hydrogen) atoms. The number of aromatic nitrogens is 2. The first-order chi connectivity index (χ1) is 18.3. The number of rotatable bonds is 7. The molecule has 0 radical (unpaired) electrons. The van der Waals surface area contributed by atoms with Crippen molar-refractivity contribution in [2.75, 3.05) is 11.5 Å². The van der Waals surface area contributed by atoms with Gasteiger partial charge in [-0.25, -0.2) is 13.1 Å². The van der Waals surface area contributed by atoms with Crippen LogP contribution in [0.5, 0.6) is 0 Å². The van der Waals surface area contributed by atoms with E-state index in [9.17, 15) is 18.0 Å². The lowest BCUT2D eigenvalue weighted by atomic mass is 10.1. The molecule has 2 aromatic carbocycles. The summed E-state index contributed by atoms with van der Waals surface area (Å²) in [5.74, 6) is -1.13. The Hall–Kier alpha value is -3.73. The van der Waals surface area contributed by atoms with Gasteiger partial charge in [0.25, 0.3) is 11.8 Å². The van der Waals surface area contributed by atoms with Crippen LogP contribution in [-0.2, 0) is 14.6 Å². The third kappa shape index (κ3) is 6.04. The minimum Gasteiger partial charge on any atom is -0.347 e. The van der Waals surface area contributed by atoms with Gasteiger partial charge in [0.15, 0.2) is 9.84 Å². The zero-order valence-electron chi connectivity index (χ0n) is 20.0. The molecule has 1 atom stereocenters. The molecule has 194 valence electrons. The molecular weight excluding hydrogens is 544 g/mol. The number of halogens is 1. The number of sulfone groups is 1. The van der Waals surface area contributed by atoms with Gasteiger partial charge in [0, 0.05) is 28.4 Å². The van der Waals surface area contributed by atoms with Gasteiger partial charge in [-0.1, -0.05) is 48.0 Å².